The monoisotopic (exact) mass is 432 g/mol. The maximum atomic E-state index is 5.76. The zero-order valence-electron chi connectivity index (χ0n) is 19.2. The molecule has 0 fully saturated rings. The van der Waals surface area contributed by atoms with E-state index in [-0.39, 0.29) is 0 Å². The van der Waals surface area contributed by atoms with Crippen LogP contribution in [0.2, 0.25) is 0 Å². The van der Waals surface area contributed by atoms with Gasteiger partial charge in [-0.25, -0.2) is 0 Å². The number of guanidine groups is 1. The van der Waals surface area contributed by atoms with Crippen LogP contribution < -0.4 is 15.4 Å². The van der Waals surface area contributed by atoms with Gasteiger partial charge < -0.3 is 19.9 Å². The molecule has 0 bridgehead atoms. The van der Waals surface area contributed by atoms with E-state index < -0.39 is 0 Å². The molecule has 0 amide bonds. The number of rotatable bonds is 11. The molecule has 0 aliphatic carbocycles. The Morgan fingerprint density at radius 3 is 2.73 bits per heavy atom. The van der Waals surface area contributed by atoms with Crippen LogP contribution in [0.15, 0.2) is 28.3 Å². The minimum atomic E-state index is 0.565. The summed E-state index contributed by atoms with van der Waals surface area (Å²) < 4.78 is 8.01. The van der Waals surface area contributed by atoms with Crippen molar-refractivity contribution >= 4 is 17.7 Å². The van der Waals surface area contributed by atoms with Gasteiger partial charge in [-0.15, -0.1) is 10.2 Å². The SMILES string of the molecule is CCOc1cc(C)ccc1CNC(=NC)NCCCc1nnc(SC)n1CC(C)C. The van der Waals surface area contributed by atoms with E-state index in [1.807, 2.05) is 13.2 Å². The highest BCUT2D eigenvalue weighted by molar-refractivity contribution is 7.98. The third-order valence-corrected chi connectivity index (χ3v) is 5.25. The van der Waals surface area contributed by atoms with Crippen molar-refractivity contribution in [3.8, 4) is 5.75 Å². The number of aliphatic imine (C=N–C) groups is 1. The van der Waals surface area contributed by atoms with Crippen LogP contribution in [0.4, 0.5) is 0 Å². The van der Waals surface area contributed by atoms with E-state index in [4.69, 9.17) is 4.74 Å². The molecule has 2 N–H and O–H groups in total. The summed E-state index contributed by atoms with van der Waals surface area (Å²) in [6, 6.07) is 6.28. The second-order valence-electron chi connectivity index (χ2n) is 7.61. The molecular formula is C22H36N6OS. The topological polar surface area (TPSA) is 76.4 Å². The van der Waals surface area contributed by atoms with Gasteiger partial charge >= 0.3 is 0 Å². The standard InChI is InChI=1S/C22H36N6OS/c1-7-29-19-13-17(4)10-11-18(19)14-25-21(23-5)24-12-8-9-20-26-27-22(30-6)28(20)15-16(2)3/h10-11,13,16H,7-9,12,14-15H2,1-6H3,(H2,23,24,25). The number of nitrogens with zero attached hydrogens (tertiary/aromatic N) is 4. The maximum absolute atomic E-state index is 5.76. The van der Waals surface area contributed by atoms with Crippen molar-refractivity contribution in [3.05, 3.63) is 35.2 Å². The minimum absolute atomic E-state index is 0.565. The Hall–Kier alpha value is -2.22. The van der Waals surface area contributed by atoms with Crippen molar-refractivity contribution in [1.82, 2.24) is 25.4 Å². The highest BCUT2D eigenvalue weighted by Gasteiger charge is 2.12. The molecular weight excluding hydrogens is 396 g/mol. The highest BCUT2D eigenvalue weighted by Crippen LogP contribution is 2.20. The smallest absolute Gasteiger partial charge is 0.191 e. The van der Waals surface area contributed by atoms with Crippen molar-refractivity contribution in [2.45, 2.75) is 58.8 Å². The molecule has 0 saturated carbocycles. The van der Waals surface area contributed by atoms with Gasteiger partial charge in [0.2, 0.25) is 0 Å². The van der Waals surface area contributed by atoms with Gasteiger partial charge in [0.15, 0.2) is 11.1 Å². The molecule has 0 atom stereocenters. The van der Waals surface area contributed by atoms with Gasteiger partial charge in [-0.3, -0.25) is 4.99 Å². The van der Waals surface area contributed by atoms with Gasteiger partial charge in [0.1, 0.15) is 11.6 Å². The second-order valence-corrected chi connectivity index (χ2v) is 8.38. The molecule has 7 nitrogen and oxygen atoms in total. The number of nitrogens with one attached hydrogen (secondary N) is 2. The molecule has 1 heterocycles. The highest BCUT2D eigenvalue weighted by atomic mass is 32.2. The van der Waals surface area contributed by atoms with Crippen molar-refractivity contribution in [2.24, 2.45) is 10.9 Å². The summed E-state index contributed by atoms with van der Waals surface area (Å²) in [6.45, 7) is 11.6. The fraction of sp³-hybridized carbons (Fsp3) is 0.591. The van der Waals surface area contributed by atoms with Crippen LogP contribution in [0.5, 0.6) is 5.75 Å². The van der Waals surface area contributed by atoms with Crippen LogP contribution in [0.3, 0.4) is 0 Å². The molecule has 2 rings (SSSR count). The van der Waals surface area contributed by atoms with Gasteiger partial charge in [-0.1, -0.05) is 37.7 Å². The average molecular weight is 433 g/mol. The molecule has 2 aromatic rings. The number of benzene rings is 1. The number of thioether (sulfide) groups is 1. The Balaban J connectivity index is 1.84. The molecule has 0 aliphatic rings. The number of ether oxygens (including phenoxy) is 1. The van der Waals surface area contributed by atoms with Crippen molar-refractivity contribution in [2.75, 3.05) is 26.5 Å². The van der Waals surface area contributed by atoms with Crippen LogP contribution in [-0.4, -0.2) is 47.2 Å². The minimum Gasteiger partial charge on any atom is -0.494 e. The molecule has 0 radical (unpaired) electrons. The van der Waals surface area contributed by atoms with Crippen molar-refractivity contribution in [3.63, 3.8) is 0 Å². The molecule has 1 aromatic heterocycles. The van der Waals surface area contributed by atoms with Crippen LogP contribution in [0.1, 0.15) is 44.1 Å². The summed E-state index contributed by atoms with van der Waals surface area (Å²) in [6.07, 6.45) is 3.89. The molecule has 30 heavy (non-hydrogen) atoms. The third-order valence-electron chi connectivity index (χ3n) is 4.59. The summed E-state index contributed by atoms with van der Waals surface area (Å²) in [4.78, 5) is 4.33. The Morgan fingerprint density at radius 2 is 2.07 bits per heavy atom. The lowest BCUT2D eigenvalue weighted by Gasteiger charge is -2.15. The van der Waals surface area contributed by atoms with E-state index in [1.54, 1.807) is 18.8 Å². The van der Waals surface area contributed by atoms with E-state index >= 15 is 0 Å². The quantitative estimate of drug-likeness (QED) is 0.244. The maximum Gasteiger partial charge on any atom is 0.191 e. The zero-order valence-corrected chi connectivity index (χ0v) is 20.0. The summed E-state index contributed by atoms with van der Waals surface area (Å²) in [5.41, 5.74) is 2.32. The van der Waals surface area contributed by atoms with Gasteiger partial charge in [0.25, 0.3) is 0 Å². The lowest BCUT2D eigenvalue weighted by atomic mass is 10.1. The largest absolute Gasteiger partial charge is 0.494 e. The van der Waals surface area contributed by atoms with Crippen molar-refractivity contribution in [1.29, 1.82) is 0 Å². The molecule has 166 valence electrons. The van der Waals surface area contributed by atoms with Gasteiger partial charge in [-0.2, -0.15) is 0 Å². The molecule has 8 heteroatoms. The third kappa shape index (κ3) is 7.23. The molecule has 0 aliphatic heterocycles. The Kier molecular flexibility index (Phi) is 10.00. The lowest BCUT2D eigenvalue weighted by Crippen LogP contribution is -2.37. The van der Waals surface area contributed by atoms with Crippen LogP contribution >= 0.6 is 11.8 Å². The normalized spacial score (nSPS) is 11.8. The number of aryl methyl sites for hydroxylation is 2. The number of hydrogen-bond acceptors (Lipinski definition) is 5. The van der Waals surface area contributed by atoms with E-state index in [1.165, 1.54) is 5.56 Å². The average Bonchev–Trinajstić information content (AvgIpc) is 3.09. The first-order valence-electron chi connectivity index (χ1n) is 10.6. The first kappa shape index (κ1) is 24.1. The first-order valence-corrected chi connectivity index (χ1v) is 11.8. The van der Waals surface area contributed by atoms with Gasteiger partial charge in [-0.05, 0) is 44.1 Å². The fourth-order valence-electron chi connectivity index (χ4n) is 3.15. The lowest BCUT2D eigenvalue weighted by molar-refractivity contribution is 0.336. The summed E-state index contributed by atoms with van der Waals surface area (Å²) in [5.74, 6) is 3.33. The van der Waals surface area contributed by atoms with E-state index in [2.05, 4.69) is 69.4 Å². The van der Waals surface area contributed by atoms with E-state index in [0.717, 1.165) is 54.2 Å². The van der Waals surface area contributed by atoms with Gasteiger partial charge in [0, 0.05) is 38.7 Å². The fourth-order valence-corrected chi connectivity index (χ4v) is 3.68. The van der Waals surface area contributed by atoms with Crippen molar-refractivity contribution < 1.29 is 4.74 Å². The van der Waals surface area contributed by atoms with Gasteiger partial charge in [0.05, 0.1) is 6.61 Å². The molecule has 0 saturated heterocycles. The van der Waals surface area contributed by atoms with Crippen LogP contribution in [0.25, 0.3) is 0 Å². The zero-order chi connectivity index (χ0) is 21.9. The predicted molar refractivity (Wildman–Crippen MR) is 126 cm³/mol. The molecule has 1 aromatic carbocycles. The second kappa shape index (κ2) is 12.5. The van der Waals surface area contributed by atoms with E-state index in [9.17, 15) is 0 Å². The van der Waals surface area contributed by atoms with Crippen LogP contribution in [0, 0.1) is 12.8 Å². The summed E-state index contributed by atoms with van der Waals surface area (Å²) in [7, 11) is 1.79. The molecule has 0 unspecified atom stereocenters. The summed E-state index contributed by atoms with van der Waals surface area (Å²) in [5, 5.41) is 16.5. The molecule has 0 spiro atoms. The Labute approximate surface area is 185 Å². The van der Waals surface area contributed by atoms with Crippen LogP contribution in [-0.2, 0) is 19.5 Å². The predicted octanol–water partition coefficient (Wildman–Crippen LogP) is 3.66. The first-order chi connectivity index (χ1) is 14.5. The Bertz CT molecular complexity index is 818. The number of hydrogen-bond donors (Lipinski definition) is 2. The summed E-state index contributed by atoms with van der Waals surface area (Å²) >= 11 is 1.65. The number of aromatic nitrogens is 3. The van der Waals surface area contributed by atoms with E-state index in [0.29, 0.717) is 19.1 Å². The Morgan fingerprint density at radius 1 is 1.27 bits per heavy atom.